The molecule has 1 aliphatic rings. The Labute approximate surface area is 377 Å². The van der Waals surface area contributed by atoms with Crippen LogP contribution in [0.15, 0.2) is 79.1 Å². The standard InChI is InChI=1S/C26H34ClFN6O2Si.C16H26N4O4SSi/c1-37(2,3)17-16-36-19-34-11-10-24(31-34)30-23-9-4-6-20(29-23)18-32-12-14-33(15-13-32)26(35)21-7-5-8-22(27)25(21)28;1-25(21,22)24-12-14-6-5-7-15(17-14)18-16-8-9-20(19-16)13-23-10-11-26(2,3)4/h4-11H,12-19H2,1-3H3,(H,29,30,31);5-9H,10-13H2,1-4H3,(H,17,18,19). The molecule has 21 heteroatoms. The number of carbonyl (C=O) groups is 1. The van der Waals surface area contributed by atoms with E-state index in [1.807, 2.05) is 42.7 Å². The predicted octanol–water partition coefficient (Wildman–Crippen LogP) is 7.89. The number of nitrogens with one attached hydrogen (secondary N) is 2. The zero-order chi connectivity index (χ0) is 45.6. The van der Waals surface area contributed by atoms with Crippen LogP contribution in [-0.2, 0) is 50.4 Å². The summed E-state index contributed by atoms with van der Waals surface area (Å²) in [6.07, 6.45) is 4.72. The Hall–Kier alpha value is -4.55. The Morgan fingerprint density at radius 3 is 1.76 bits per heavy atom. The van der Waals surface area contributed by atoms with Crippen LogP contribution >= 0.6 is 11.6 Å². The van der Waals surface area contributed by atoms with Gasteiger partial charge in [-0.25, -0.2) is 23.7 Å². The minimum atomic E-state index is -3.50. The van der Waals surface area contributed by atoms with Crippen molar-refractivity contribution in [2.75, 3.05) is 56.3 Å². The minimum Gasteiger partial charge on any atom is -0.360 e. The first-order chi connectivity index (χ1) is 29.8. The lowest BCUT2D eigenvalue weighted by atomic mass is 10.1. The van der Waals surface area contributed by atoms with Gasteiger partial charge in [0.25, 0.3) is 16.0 Å². The van der Waals surface area contributed by atoms with E-state index in [0.29, 0.717) is 75.2 Å². The summed E-state index contributed by atoms with van der Waals surface area (Å²) in [5.74, 6) is 1.62. The molecule has 0 atom stereocenters. The Balaban J connectivity index is 0.000000253. The molecular formula is C42H60ClFN10O6SSi2. The summed E-state index contributed by atoms with van der Waals surface area (Å²) in [5, 5.41) is 15.2. The molecule has 5 aromatic rings. The Bertz CT molecular complexity index is 2350. The molecule has 0 saturated carbocycles. The molecular weight excluding hydrogens is 883 g/mol. The van der Waals surface area contributed by atoms with Crippen molar-refractivity contribution >= 4 is 67.0 Å². The molecule has 0 radical (unpaired) electrons. The molecule has 1 aromatic carbocycles. The first-order valence-electron chi connectivity index (χ1n) is 20.8. The van der Waals surface area contributed by atoms with Gasteiger partial charge in [-0.15, -0.1) is 0 Å². The van der Waals surface area contributed by atoms with Gasteiger partial charge in [0.2, 0.25) is 0 Å². The van der Waals surface area contributed by atoms with Crippen LogP contribution in [0.1, 0.15) is 21.7 Å². The molecule has 0 bridgehead atoms. The summed E-state index contributed by atoms with van der Waals surface area (Å²) in [6.45, 7) is 19.2. The summed E-state index contributed by atoms with van der Waals surface area (Å²) in [6, 6.07) is 21.6. The maximum atomic E-state index is 14.3. The third-order valence-corrected chi connectivity index (χ3v) is 13.7. The lowest BCUT2D eigenvalue weighted by molar-refractivity contribution is 0.0622. The molecule has 1 saturated heterocycles. The molecule has 0 unspecified atom stereocenters. The zero-order valence-electron chi connectivity index (χ0n) is 37.2. The molecule has 342 valence electrons. The van der Waals surface area contributed by atoms with E-state index in [0.717, 1.165) is 37.3 Å². The van der Waals surface area contributed by atoms with Gasteiger partial charge in [0, 0.05) is 86.6 Å². The first kappa shape index (κ1) is 49.5. The number of amides is 1. The van der Waals surface area contributed by atoms with Crippen LogP contribution < -0.4 is 10.6 Å². The normalized spacial score (nSPS) is 13.7. The second-order valence-electron chi connectivity index (χ2n) is 17.6. The number of anilines is 4. The fraction of sp³-hybridized carbons (Fsp3) is 0.452. The second kappa shape index (κ2) is 22.9. The van der Waals surface area contributed by atoms with E-state index in [9.17, 15) is 17.6 Å². The van der Waals surface area contributed by atoms with Crippen molar-refractivity contribution in [1.29, 1.82) is 0 Å². The molecule has 1 aliphatic heterocycles. The average molecular weight is 944 g/mol. The molecule has 5 heterocycles. The maximum Gasteiger partial charge on any atom is 0.264 e. The van der Waals surface area contributed by atoms with Crippen LogP contribution in [0.2, 0.25) is 56.4 Å². The lowest BCUT2D eigenvalue weighted by Crippen LogP contribution is -2.48. The van der Waals surface area contributed by atoms with E-state index >= 15 is 0 Å². The largest absolute Gasteiger partial charge is 0.360 e. The maximum absolute atomic E-state index is 14.3. The van der Waals surface area contributed by atoms with Gasteiger partial charge in [0.05, 0.1) is 28.2 Å². The SMILES string of the molecule is C[Si](C)(C)CCOCn1ccc(Nc2cccc(CN3CCN(C(=O)c4cccc(Cl)c4F)CC3)n2)n1.C[Si](C)(C)CCOCn1ccc(Nc2cccc(COS(C)(=O)=O)n2)n1. The van der Waals surface area contributed by atoms with Crippen molar-refractivity contribution in [3.8, 4) is 0 Å². The van der Waals surface area contributed by atoms with Gasteiger partial charge in [-0.2, -0.15) is 18.6 Å². The Kier molecular flexibility index (Phi) is 18.0. The van der Waals surface area contributed by atoms with Gasteiger partial charge in [-0.1, -0.05) is 69.1 Å². The van der Waals surface area contributed by atoms with Gasteiger partial charge in [0.15, 0.2) is 17.5 Å². The van der Waals surface area contributed by atoms with E-state index in [1.165, 1.54) is 12.1 Å². The van der Waals surface area contributed by atoms with Crippen molar-refractivity contribution in [3.63, 3.8) is 0 Å². The van der Waals surface area contributed by atoms with E-state index in [4.69, 9.17) is 30.2 Å². The highest BCUT2D eigenvalue weighted by Crippen LogP contribution is 2.21. The first-order valence-corrected chi connectivity index (χ1v) is 30.4. The number of halogens is 2. The van der Waals surface area contributed by atoms with Gasteiger partial charge in [0.1, 0.15) is 31.7 Å². The number of pyridine rings is 2. The predicted molar refractivity (Wildman–Crippen MR) is 250 cm³/mol. The number of ether oxygens (including phenoxy) is 2. The fourth-order valence-electron chi connectivity index (χ4n) is 5.95. The molecule has 4 aromatic heterocycles. The quantitative estimate of drug-likeness (QED) is 0.0439. The van der Waals surface area contributed by atoms with Crippen LogP contribution in [0.4, 0.5) is 27.7 Å². The minimum absolute atomic E-state index is 0.0157. The summed E-state index contributed by atoms with van der Waals surface area (Å²) < 4.78 is 56.0. The van der Waals surface area contributed by atoms with Crippen LogP contribution in [0.25, 0.3) is 0 Å². The van der Waals surface area contributed by atoms with Crippen molar-refractivity contribution in [2.45, 2.75) is 78.0 Å². The number of hydrogen-bond acceptors (Lipinski definition) is 13. The Morgan fingerprint density at radius 1 is 0.730 bits per heavy atom. The van der Waals surface area contributed by atoms with E-state index in [2.05, 4.69) is 70.0 Å². The summed E-state index contributed by atoms with van der Waals surface area (Å²) in [7, 11) is -5.69. The monoisotopic (exact) mass is 942 g/mol. The Morgan fingerprint density at radius 2 is 1.24 bits per heavy atom. The lowest BCUT2D eigenvalue weighted by Gasteiger charge is -2.34. The average Bonchev–Trinajstić information content (AvgIpc) is 3.87. The van der Waals surface area contributed by atoms with Crippen molar-refractivity contribution in [1.82, 2.24) is 39.3 Å². The highest BCUT2D eigenvalue weighted by Gasteiger charge is 2.25. The summed E-state index contributed by atoms with van der Waals surface area (Å²) in [4.78, 5) is 25.7. The number of rotatable bonds is 20. The number of benzene rings is 1. The van der Waals surface area contributed by atoms with Crippen molar-refractivity contribution in [2.24, 2.45) is 0 Å². The summed E-state index contributed by atoms with van der Waals surface area (Å²) >= 11 is 5.84. The van der Waals surface area contributed by atoms with Gasteiger partial charge in [-0.3, -0.25) is 13.9 Å². The fourth-order valence-corrected chi connectivity index (χ4v) is 7.97. The zero-order valence-corrected chi connectivity index (χ0v) is 40.8. The third-order valence-electron chi connectivity index (χ3n) is 9.50. The van der Waals surface area contributed by atoms with E-state index in [1.54, 1.807) is 38.5 Å². The van der Waals surface area contributed by atoms with Crippen LogP contribution in [0.5, 0.6) is 0 Å². The highest BCUT2D eigenvalue weighted by molar-refractivity contribution is 7.85. The molecule has 16 nitrogen and oxygen atoms in total. The molecule has 6 rings (SSSR count). The van der Waals surface area contributed by atoms with Crippen LogP contribution in [0.3, 0.4) is 0 Å². The number of hydrogen-bond donors (Lipinski definition) is 2. The number of nitrogens with zero attached hydrogens (tertiary/aromatic N) is 8. The molecule has 2 N–H and O–H groups in total. The van der Waals surface area contributed by atoms with Crippen LogP contribution in [-0.4, -0.2) is 115 Å². The molecule has 1 fully saturated rings. The van der Waals surface area contributed by atoms with Gasteiger partial charge < -0.3 is 25.0 Å². The van der Waals surface area contributed by atoms with Gasteiger partial charge >= 0.3 is 0 Å². The van der Waals surface area contributed by atoms with Crippen LogP contribution in [0, 0.1) is 5.82 Å². The molecule has 63 heavy (non-hydrogen) atoms. The van der Waals surface area contributed by atoms with Gasteiger partial charge in [-0.05, 0) is 48.5 Å². The third kappa shape index (κ3) is 17.9. The van der Waals surface area contributed by atoms with Crippen molar-refractivity contribution in [3.05, 3.63) is 107 Å². The molecule has 0 aliphatic carbocycles. The number of piperazine rings is 1. The second-order valence-corrected chi connectivity index (χ2v) is 30.9. The summed E-state index contributed by atoms with van der Waals surface area (Å²) in [5.41, 5.74) is 1.44. The number of carbonyl (C=O) groups excluding carboxylic acids is 1. The molecule has 1 amide bonds. The topological polar surface area (TPSA) is 171 Å². The van der Waals surface area contributed by atoms with E-state index in [-0.39, 0.29) is 23.1 Å². The number of aromatic nitrogens is 6. The van der Waals surface area contributed by atoms with E-state index < -0.39 is 32.1 Å². The van der Waals surface area contributed by atoms with Crippen molar-refractivity contribution < 1.29 is 31.3 Å². The smallest absolute Gasteiger partial charge is 0.264 e. The molecule has 0 spiro atoms. The highest BCUT2D eigenvalue weighted by atomic mass is 35.5.